The summed E-state index contributed by atoms with van der Waals surface area (Å²) in [6.45, 7) is 12.7. The molecule has 0 saturated heterocycles. The number of nitrogens with one attached hydrogen (secondary N) is 1. The molecule has 0 aliphatic heterocycles. The van der Waals surface area contributed by atoms with Gasteiger partial charge in [0.15, 0.2) is 0 Å². The van der Waals surface area contributed by atoms with Gasteiger partial charge in [0.1, 0.15) is 11.2 Å². The van der Waals surface area contributed by atoms with Gasteiger partial charge in [0.2, 0.25) is 0 Å². The van der Waals surface area contributed by atoms with Crippen molar-refractivity contribution in [1.82, 2.24) is 5.32 Å². The number of esters is 1. The third kappa shape index (κ3) is 10.4. The fourth-order valence-corrected chi connectivity index (χ4v) is 1.36. The van der Waals surface area contributed by atoms with Gasteiger partial charge in [-0.15, -0.1) is 0 Å². The molecule has 0 radical (unpaired) electrons. The highest BCUT2D eigenvalue weighted by molar-refractivity contribution is 5.73. The molecular formula is C14H27NO4. The van der Waals surface area contributed by atoms with Crippen LogP contribution in [0.1, 0.15) is 61.3 Å². The first-order chi connectivity index (χ1) is 8.43. The van der Waals surface area contributed by atoms with E-state index in [9.17, 15) is 9.59 Å². The molecule has 19 heavy (non-hydrogen) atoms. The van der Waals surface area contributed by atoms with E-state index in [1.165, 1.54) is 0 Å². The van der Waals surface area contributed by atoms with Gasteiger partial charge in [0.25, 0.3) is 0 Å². The first-order valence-corrected chi connectivity index (χ1v) is 6.64. The standard InChI is InChI=1S/C14H27NO4/c1-8-10(9-11(16)18-13(2,3)4)15-12(17)19-14(5,6)7/h10H,8-9H2,1-7H3,(H,15,17). The molecule has 1 amide bonds. The van der Waals surface area contributed by atoms with Crippen LogP contribution < -0.4 is 5.32 Å². The maximum absolute atomic E-state index is 11.7. The lowest BCUT2D eigenvalue weighted by Gasteiger charge is -2.24. The van der Waals surface area contributed by atoms with Crippen LogP contribution in [-0.2, 0) is 14.3 Å². The quantitative estimate of drug-likeness (QED) is 0.800. The number of alkyl carbamates (subject to hydrolysis) is 1. The minimum absolute atomic E-state index is 0.146. The van der Waals surface area contributed by atoms with Gasteiger partial charge in [-0.1, -0.05) is 6.92 Å². The second kappa shape index (κ2) is 6.78. The fourth-order valence-electron chi connectivity index (χ4n) is 1.36. The molecule has 1 N–H and O–H groups in total. The zero-order valence-corrected chi connectivity index (χ0v) is 13.1. The molecule has 0 aromatic heterocycles. The summed E-state index contributed by atoms with van der Waals surface area (Å²) >= 11 is 0. The lowest BCUT2D eigenvalue weighted by atomic mass is 10.1. The summed E-state index contributed by atoms with van der Waals surface area (Å²) in [6, 6.07) is -0.273. The van der Waals surface area contributed by atoms with Crippen molar-refractivity contribution in [3.8, 4) is 0 Å². The van der Waals surface area contributed by atoms with Crippen molar-refractivity contribution in [2.24, 2.45) is 0 Å². The topological polar surface area (TPSA) is 64.6 Å². The predicted octanol–water partition coefficient (Wildman–Crippen LogP) is 3.02. The monoisotopic (exact) mass is 273 g/mol. The number of hydrogen-bond donors (Lipinski definition) is 1. The molecule has 5 heteroatoms. The molecule has 0 aliphatic carbocycles. The Balaban J connectivity index is 4.29. The van der Waals surface area contributed by atoms with Gasteiger partial charge in [-0.05, 0) is 48.0 Å². The Morgan fingerprint density at radius 2 is 1.47 bits per heavy atom. The fraction of sp³-hybridized carbons (Fsp3) is 0.857. The van der Waals surface area contributed by atoms with Gasteiger partial charge in [-0.2, -0.15) is 0 Å². The van der Waals surface area contributed by atoms with Crippen LogP contribution in [0.3, 0.4) is 0 Å². The van der Waals surface area contributed by atoms with Crippen molar-refractivity contribution in [2.45, 2.75) is 78.6 Å². The van der Waals surface area contributed by atoms with Gasteiger partial charge < -0.3 is 14.8 Å². The van der Waals surface area contributed by atoms with Gasteiger partial charge in [-0.3, -0.25) is 4.79 Å². The van der Waals surface area contributed by atoms with Crippen LogP contribution in [0.4, 0.5) is 4.79 Å². The van der Waals surface area contributed by atoms with Crippen LogP contribution in [0.2, 0.25) is 0 Å². The van der Waals surface area contributed by atoms with E-state index in [4.69, 9.17) is 9.47 Å². The van der Waals surface area contributed by atoms with E-state index >= 15 is 0 Å². The van der Waals surface area contributed by atoms with Gasteiger partial charge in [-0.25, -0.2) is 4.79 Å². The molecule has 0 spiro atoms. The summed E-state index contributed by atoms with van der Waals surface area (Å²) in [5.41, 5.74) is -1.06. The molecule has 0 aromatic carbocycles. The van der Waals surface area contributed by atoms with Crippen LogP contribution in [0.15, 0.2) is 0 Å². The average molecular weight is 273 g/mol. The van der Waals surface area contributed by atoms with Crippen LogP contribution in [0.5, 0.6) is 0 Å². The molecule has 0 bridgehead atoms. The second-order valence-corrected chi connectivity index (χ2v) is 6.54. The van der Waals surface area contributed by atoms with E-state index in [0.29, 0.717) is 6.42 Å². The van der Waals surface area contributed by atoms with Crippen molar-refractivity contribution < 1.29 is 19.1 Å². The minimum atomic E-state index is -0.547. The van der Waals surface area contributed by atoms with Crippen molar-refractivity contribution in [1.29, 1.82) is 0 Å². The summed E-state index contributed by atoms with van der Waals surface area (Å²) in [7, 11) is 0. The van der Waals surface area contributed by atoms with Crippen LogP contribution in [-0.4, -0.2) is 29.3 Å². The lowest BCUT2D eigenvalue weighted by Crippen LogP contribution is -2.40. The molecule has 5 nitrogen and oxygen atoms in total. The minimum Gasteiger partial charge on any atom is -0.460 e. The van der Waals surface area contributed by atoms with E-state index in [1.807, 2.05) is 27.7 Å². The molecule has 1 unspecified atom stereocenters. The molecule has 0 aliphatic rings. The summed E-state index contributed by atoms with van der Waals surface area (Å²) < 4.78 is 10.4. The first kappa shape index (κ1) is 17.7. The number of carbonyl (C=O) groups excluding carboxylic acids is 2. The van der Waals surface area contributed by atoms with E-state index in [-0.39, 0.29) is 18.4 Å². The molecule has 1 atom stereocenters. The molecule has 0 saturated carbocycles. The van der Waals surface area contributed by atoms with Gasteiger partial charge in [0, 0.05) is 6.04 Å². The Labute approximate surface area is 116 Å². The molecule has 0 heterocycles. The first-order valence-electron chi connectivity index (χ1n) is 6.64. The SMILES string of the molecule is CCC(CC(=O)OC(C)(C)C)NC(=O)OC(C)(C)C. The zero-order chi connectivity index (χ0) is 15.3. The Kier molecular flexibility index (Phi) is 6.33. The Morgan fingerprint density at radius 3 is 1.84 bits per heavy atom. The van der Waals surface area contributed by atoms with Crippen LogP contribution in [0, 0.1) is 0 Å². The van der Waals surface area contributed by atoms with Crippen molar-refractivity contribution in [3.05, 3.63) is 0 Å². The molecule has 0 rings (SSSR count). The summed E-state index contributed by atoms with van der Waals surface area (Å²) in [5.74, 6) is -0.324. The van der Waals surface area contributed by atoms with Crippen molar-refractivity contribution in [2.75, 3.05) is 0 Å². The smallest absolute Gasteiger partial charge is 0.407 e. The number of amides is 1. The maximum Gasteiger partial charge on any atom is 0.407 e. The van der Waals surface area contributed by atoms with Crippen molar-refractivity contribution >= 4 is 12.1 Å². The number of ether oxygens (including phenoxy) is 2. The average Bonchev–Trinajstić information content (AvgIpc) is 2.10. The van der Waals surface area contributed by atoms with Gasteiger partial charge in [0.05, 0.1) is 6.42 Å². The number of rotatable bonds is 4. The van der Waals surface area contributed by atoms with Crippen LogP contribution in [0.25, 0.3) is 0 Å². The number of carbonyl (C=O) groups is 2. The van der Waals surface area contributed by atoms with E-state index in [2.05, 4.69) is 5.32 Å². The Bertz CT molecular complexity index is 282. The van der Waals surface area contributed by atoms with E-state index < -0.39 is 17.3 Å². The Morgan fingerprint density at radius 1 is 1.00 bits per heavy atom. The predicted molar refractivity (Wildman–Crippen MR) is 73.9 cm³/mol. The van der Waals surface area contributed by atoms with E-state index in [1.54, 1.807) is 20.8 Å². The summed E-state index contributed by atoms with van der Waals surface area (Å²) in [4.78, 5) is 23.3. The highest BCUT2D eigenvalue weighted by atomic mass is 16.6. The highest BCUT2D eigenvalue weighted by Gasteiger charge is 2.23. The third-order valence-corrected chi connectivity index (χ3v) is 2.05. The third-order valence-electron chi connectivity index (χ3n) is 2.05. The normalized spacial score (nSPS) is 13.6. The summed E-state index contributed by atoms with van der Waals surface area (Å²) in [5, 5.41) is 2.68. The number of hydrogen-bond acceptors (Lipinski definition) is 4. The molecule has 112 valence electrons. The maximum atomic E-state index is 11.7. The summed E-state index contributed by atoms with van der Waals surface area (Å²) in [6.07, 6.45) is 0.272. The van der Waals surface area contributed by atoms with Crippen molar-refractivity contribution in [3.63, 3.8) is 0 Å². The van der Waals surface area contributed by atoms with Crippen LogP contribution >= 0.6 is 0 Å². The molecule has 0 aromatic rings. The molecular weight excluding hydrogens is 246 g/mol. The lowest BCUT2D eigenvalue weighted by molar-refractivity contribution is -0.155. The largest absolute Gasteiger partial charge is 0.460 e. The Hall–Kier alpha value is -1.26. The molecule has 0 fully saturated rings. The second-order valence-electron chi connectivity index (χ2n) is 6.54. The van der Waals surface area contributed by atoms with E-state index in [0.717, 1.165) is 0 Å². The zero-order valence-electron chi connectivity index (χ0n) is 13.1. The van der Waals surface area contributed by atoms with Gasteiger partial charge >= 0.3 is 12.1 Å². The highest BCUT2D eigenvalue weighted by Crippen LogP contribution is 2.11.